The van der Waals surface area contributed by atoms with Crippen molar-refractivity contribution in [3.05, 3.63) is 77.2 Å². The zero-order valence-corrected chi connectivity index (χ0v) is 18.7. The number of benzene rings is 2. The van der Waals surface area contributed by atoms with E-state index in [9.17, 15) is 4.79 Å². The van der Waals surface area contributed by atoms with E-state index in [-0.39, 0.29) is 11.8 Å². The molecule has 2 aromatic carbocycles. The Morgan fingerprint density at radius 1 is 1.03 bits per heavy atom. The van der Waals surface area contributed by atoms with Crippen molar-refractivity contribution < 1.29 is 4.79 Å². The number of fused-ring (bicyclic) bond motifs is 1. The minimum Gasteiger partial charge on any atom is -0.373 e. The highest BCUT2D eigenvalue weighted by molar-refractivity contribution is 6.01. The molecule has 5 rings (SSSR count). The maximum atomic E-state index is 13.5. The number of amides is 1. The monoisotopic (exact) mass is 427 g/mol. The third-order valence-corrected chi connectivity index (χ3v) is 6.59. The second-order valence-electron chi connectivity index (χ2n) is 8.74. The van der Waals surface area contributed by atoms with Gasteiger partial charge in [-0.15, -0.1) is 0 Å². The lowest BCUT2D eigenvalue weighted by molar-refractivity contribution is 0.0791. The highest BCUT2D eigenvalue weighted by atomic mass is 16.2. The van der Waals surface area contributed by atoms with Crippen LogP contribution in [0.2, 0.25) is 0 Å². The van der Waals surface area contributed by atoms with E-state index in [0.29, 0.717) is 6.54 Å². The molecule has 3 heterocycles. The summed E-state index contributed by atoms with van der Waals surface area (Å²) in [5.74, 6) is 2.04. The Morgan fingerprint density at radius 2 is 1.81 bits per heavy atom. The molecule has 32 heavy (non-hydrogen) atoms. The smallest absolute Gasteiger partial charge is 0.254 e. The van der Waals surface area contributed by atoms with E-state index in [1.807, 2.05) is 54.4 Å². The van der Waals surface area contributed by atoms with E-state index < -0.39 is 0 Å². The van der Waals surface area contributed by atoms with E-state index >= 15 is 0 Å². The summed E-state index contributed by atoms with van der Waals surface area (Å²) in [5.41, 5.74) is 5.15. The normalized spacial score (nSPS) is 18.4. The number of likely N-dealkylation sites (N-methyl/N-ethyl adjacent to an activating group) is 1. The molecule has 1 saturated heterocycles. The van der Waals surface area contributed by atoms with Gasteiger partial charge in [0.2, 0.25) is 0 Å². The van der Waals surface area contributed by atoms with Gasteiger partial charge < -0.3 is 15.1 Å². The van der Waals surface area contributed by atoms with Gasteiger partial charge in [0.25, 0.3) is 5.91 Å². The maximum absolute atomic E-state index is 13.5. The molecule has 2 aliphatic heterocycles. The zero-order valence-electron chi connectivity index (χ0n) is 18.7. The number of nitrogens with one attached hydrogen (secondary N) is 1. The summed E-state index contributed by atoms with van der Waals surface area (Å²) in [5, 5.41) is 3.27. The molecule has 3 aromatic rings. The van der Waals surface area contributed by atoms with Crippen LogP contribution in [-0.2, 0) is 13.0 Å². The van der Waals surface area contributed by atoms with Crippen LogP contribution in [0.1, 0.15) is 39.8 Å². The predicted molar refractivity (Wildman–Crippen MR) is 127 cm³/mol. The van der Waals surface area contributed by atoms with E-state index in [4.69, 9.17) is 9.97 Å². The van der Waals surface area contributed by atoms with Gasteiger partial charge in [0, 0.05) is 50.3 Å². The highest BCUT2D eigenvalue weighted by Crippen LogP contribution is 2.32. The summed E-state index contributed by atoms with van der Waals surface area (Å²) in [6.45, 7) is 3.25. The fourth-order valence-corrected chi connectivity index (χ4v) is 4.83. The lowest BCUT2D eigenvalue weighted by Crippen LogP contribution is -2.30. The highest BCUT2D eigenvalue weighted by Gasteiger charge is 2.32. The van der Waals surface area contributed by atoms with Crippen LogP contribution in [0.3, 0.4) is 0 Å². The average Bonchev–Trinajstić information content (AvgIpc) is 3.33. The largest absolute Gasteiger partial charge is 0.373 e. The number of carbonyl (C=O) groups is 1. The Hall–Kier alpha value is -3.25. The summed E-state index contributed by atoms with van der Waals surface area (Å²) in [6.07, 6.45) is 1.85. The van der Waals surface area contributed by atoms with Crippen LogP contribution >= 0.6 is 0 Å². The summed E-state index contributed by atoms with van der Waals surface area (Å²) in [4.78, 5) is 27.6. The third kappa shape index (κ3) is 3.86. The number of nitrogens with zero attached hydrogens (tertiary/aromatic N) is 4. The van der Waals surface area contributed by atoms with Crippen LogP contribution in [0.4, 0.5) is 5.82 Å². The van der Waals surface area contributed by atoms with Gasteiger partial charge >= 0.3 is 0 Å². The minimum atomic E-state index is 0.0819. The van der Waals surface area contributed by atoms with Crippen molar-refractivity contribution in [3.8, 4) is 11.1 Å². The van der Waals surface area contributed by atoms with Gasteiger partial charge in [-0.1, -0.05) is 48.5 Å². The number of rotatable bonds is 4. The molecule has 6 nitrogen and oxygen atoms in total. The van der Waals surface area contributed by atoms with Crippen LogP contribution < -0.4 is 5.32 Å². The minimum absolute atomic E-state index is 0.0819. The first-order chi connectivity index (χ1) is 15.6. The van der Waals surface area contributed by atoms with Crippen molar-refractivity contribution in [2.24, 2.45) is 0 Å². The van der Waals surface area contributed by atoms with Crippen molar-refractivity contribution in [2.75, 3.05) is 39.0 Å². The van der Waals surface area contributed by atoms with Crippen LogP contribution in [0.15, 0.2) is 54.6 Å². The quantitative estimate of drug-likeness (QED) is 0.686. The van der Waals surface area contributed by atoms with E-state index in [1.54, 1.807) is 0 Å². The molecule has 1 amide bonds. The van der Waals surface area contributed by atoms with Gasteiger partial charge in [0.15, 0.2) is 0 Å². The van der Waals surface area contributed by atoms with Crippen LogP contribution in [0, 0.1) is 0 Å². The Labute approximate surface area is 189 Å². The molecule has 0 saturated carbocycles. The first kappa shape index (κ1) is 20.6. The van der Waals surface area contributed by atoms with Crippen LogP contribution in [0.5, 0.6) is 0 Å². The fourth-order valence-electron chi connectivity index (χ4n) is 4.83. The van der Waals surface area contributed by atoms with Gasteiger partial charge in [-0.25, -0.2) is 9.97 Å². The standard InChI is InChI=1S/C26H29N5O/c1-27-25-22-13-14-30(2)17-23(22)28-24(29-25)19-12-15-31(16-19)26(32)21-11-7-6-10-20(21)18-8-4-3-5-9-18/h3-11,19H,12-17H2,1-2H3,(H,27,28,29). The van der Waals surface area contributed by atoms with Crippen molar-refractivity contribution in [3.63, 3.8) is 0 Å². The molecule has 0 bridgehead atoms. The number of aromatic nitrogens is 2. The average molecular weight is 428 g/mol. The van der Waals surface area contributed by atoms with E-state index in [2.05, 4.69) is 29.4 Å². The Bertz CT molecular complexity index is 1130. The molecule has 164 valence electrons. The Morgan fingerprint density at radius 3 is 2.62 bits per heavy atom. The zero-order chi connectivity index (χ0) is 22.1. The molecular weight excluding hydrogens is 398 g/mol. The lowest BCUT2D eigenvalue weighted by atomic mass is 9.99. The van der Waals surface area contributed by atoms with Gasteiger partial charge in [-0.2, -0.15) is 0 Å². The van der Waals surface area contributed by atoms with E-state index in [0.717, 1.165) is 66.5 Å². The summed E-state index contributed by atoms with van der Waals surface area (Å²) < 4.78 is 0. The second kappa shape index (κ2) is 8.71. The first-order valence-corrected chi connectivity index (χ1v) is 11.3. The summed E-state index contributed by atoms with van der Waals surface area (Å²) in [7, 11) is 4.06. The molecule has 1 atom stereocenters. The molecule has 1 N–H and O–H groups in total. The van der Waals surface area contributed by atoms with Crippen molar-refractivity contribution in [2.45, 2.75) is 25.3 Å². The SMILES string of the molecule is CNc1nc(C2CCN(C(=O)c3ccccc3-c3ccccc3)C2)nc2c1CCN(C)C2. The first-order valence-electron chi connectivity index (χ1n) is 11.3. The predicted octanol–water partition coefficient (Wildman–Crippen LogP) is 3.80. The topological polar surface area (TPSA) is 61.4 Å². The third-order valence-electron chi connectivity index (χ3n) is 6.59. The number of hydrogen-bond acceptors (Lipinski definition) is 5. The fraction of sp³-hybridized carbons (Fsp3) is 0.346. The van der Waals surface area contributed by atoms with Crippen molar-refractivity contribution >= 4 is 11.7 Å². The molecule has 0 spiro atoms. The van der Waals surface area contributed by atoms with Gasteiger partial charge in [0.1, 0.15) is 11.6 Å². The summed E-state index contributed by atoms with van der Waals surface area (Å²) in [6, 6.07) is 18.0. The summed E-state index contributed by atoms with van der Waals surface area (Å²) >= 11 is 0. The van der Waals surface area contributed by atoms with Crippen LogP contribution in [-0.4, -0.2) is 59.4 Å². The number of carbonyl (C=O) groups excluding carboxylic acids is 1. The van der Waals surface area contributed by atoms with Gasteiger partial charge in [-0.3, -0.25) is 4.79 Å². The molecule has 1 unspecified atom stereocenters. The van der Waals surface area contributed by atoms with Gasteiger partial charge in [-0.05, 0) is 37.1 Å². The second-order valence-corrected chi connectivity index (χ2v) is 8.74. The number of anilines is 1. The Balaban J connectivity index is 1.39. The van der Waals surface area contributed by atoms with Gasteiger partial charge in [0.05, 0.1) is 5.69 Å². The van der Waals surface area contributed by atoms with Crippen molar-refractivity contribution in [1.82, 2.24) is 19.8 Å². The molecular formula is C26H29N5O. The molecule has 6 heteroatoms. The molecule has 1 fully saturated rings. The van der Waals surface area contributed by atoms with Crippen molar-refractivity contribution in [1.29, 1.82) is 0 Å². The maximum Gasteiger partial charge on any atom is 0.254 e. The van der Waals surface area contributed by atoms with Crippen LogP contribution in [0.25, 0.3) is 11.1 Å². The lowest BCUT2D eigenvalue weighted by Gasteiger charge is -2.26. The Kier molecular flexibility index (Phi) is 5.62. The molecule has 0 radical (unpaired) electrons. The number of likely N-dealkylation sites (tertiary alicyclic amines) is 1. The van der Waals surface area contributed by atoms with E-state index in [1.165, 1.54) is 5.56 Å². The molecule has 0 aliphatic carbocycles. The molecule has 1 aromatic heterocycles. The molecule has 2 aliphatic rings. The number of hydrogen-bond donors (Lipinski definition) is 1.